The average Bonchev–Trinajstić information content (AvgIpc) is 2.82. The molecule has 1 aromatic rings. The van der Waals surface area contributed by atoms with Crippen LogP contribution in [0.5, 0.6) is 0 Å². The monoisotopic (exact) mass is 211 g/mol. The van der Waals surface area contributed by atoms with Crippen LogP contribution in [0.15, 0.2) is 12.1 Å². The van der Waals surface area contributed by atoms with Gasteiger partial charge in [-0.2, -0.15) is 0 Å². The Bertz CT molecular complexity index is 331. The van der Waals surface area contributed by atoms with Crippen LogP contribution >= 0.6 is 11.3 Å². The third-order valence-corrected chi connectivity index (χ3v) is 3.37. The van der Waals surface area contributed by atoms with E-state index in [1.165, 1.54) is 24.2 Å². The Kier molecular flexibility index (Phi) is 2.84. The fraction of sp³-hybridized carbons (Fsp3) is 0.500. The summed E-state index contributed by atoms with van der Waals surface area (Å²) in [5.41, 5.74) is 0. The van der Waals surface area contributed by atoms with E-state index >= 15 is 0 Å². The van der Waals surface area contributed by atoms with Crippen molar-refractivity contribution in [3.63, 3.8) is 0 Å². The van der Waals surface area contributed by atoms with E-state index in [0.717, 1.165) is 23.9 Å². The molecule has 2 rings (SSSR count). The minimum atomic E-state index is -0.830. The van der Waals surface area contributed by atoms with Gasteiger partial charge < -0.3 is 10.4 Å². The van der Waals surface area contributed by atoms with Gasteiger partial charge in [0.25, 0.3) is 0 Å². The smallest absolute Gasteiger partial charge is 0.345 e. The number of nitrogens with one attached hydrogen (secondary N) is 1. The van der Waals surface area contributed by atoms with Crippen molar-refractivity contribution in [2.75, 3.05) is 6.54 Å². The maximum Gasteiger partial charge on any atom is 0.345 e. The van der Waals surface area contributed by atoms with E-state index in [0.29, 0.717) is 4.88 Å². The van der Waals surface area contributed by atoms with Crippen molar-refractivity contribution in [1.29, 1.82) is 0 Å². The summed E-state index contributed by atoms with van der Waals surface area (Å²) in [5.74, 6) is 0.0392. The summed E-state index contributed by atoms with van der Waals surface area (Å²) >= 11 is 1.35. The number of hydrogen-bond acceptors (Lipinski definition) is 3. The van der Waals surface area contributed by atoms with Gasteiger partial charge in [0.1, 0.15) is 4.88 Å². The summed E-state index contributed by atoms with van der Waals surface area (Å²) < 4.78 is 0. The predicted molar refractivity (Wildman–Crippen MR) is 55.7 cm³/mol. The minimum Gasteiger partial charge on any atom is -0.477 e. The first-order chi connectivity index (χ1) is 6.75. The summed E-state index contributed by atoms with van der Waals surface area (Å²) in [6.07, 6.45) is 2.69. The predicted octanol–water partition coefficient (Wildman–Crippen LogP) is 1.95. The summed E-state index contributed by atoms with van der Waals surface area (Å²) in [5, 5.41) is 12.0. The highest BCUT2D eigenvalue weighted by atomic mass is 32.1. The molecule has 3 nitrogen and oxygen atoms in total. The van der Waals surface area contributed by atoms with Gasteiger partial charge in [-0.1, -0.05) is 0 Å². The first-order valence-electron chi connectivity index (χ1n) is 4.78. The zero-order valence-electron chi connectivity index (χ0n) is 7.82. The molecular weight excluding hydrogens is 198 g/mol. The zero-order valence-corrected chi connectivity index (χ0v) is 8.64. The molecule has 0 unspecified atom stereocenters. The highest BCUT2D eigenvalue weighted by molar-refractivity contribution is 7.13. The fourth-order valence-electron chi connectivity index (χ4n) is 1.31. The second kappa shape index (κ2) is 4.11. The second-order valence-electron chi connectivity index (χ2n) is 3.65. The highest BCUT2D eigenvalue weighted by Crippen LogP contribution is 2.27. The number of carbonyl (C=O) groups is 1. The maximum absolute atomic E-state index is 10.6. The normalized spacial score (nSPS) is 15.7. The van der Waals surface area contributed by atoms with Crippen LogP contribution in [0.4, 0.5) is 0 Å². The van der Waals surface area contributed by atoms with E-state index < -0.39 is 5.97 Å². The van der Waals surface area contributed by atoms with Crippen LogP contribution in [-0.4, -0.2) is 17.6 Å². The molecule has 1 saturated carbocycles. The molecule has 1 aliphatic carbocycles. The molecule has 0 aromatic carbocycles. The van der Waals surface area contributed by atoms with Gasteiger partial charge in [0.05, 0.1) is 0 Å². The number of aromatic carboxylic acids is 1. The summed E-state index contributed by atoms with van der Waals surface area (Å²) in [6, 6.07) is 3.55. The van der Waals surface area contributed by atoms with Gasteiger partial charge in [0.2, 0.25) is 0 Å². The third kappa shape index (κ3) is 2.56. The van der Waals surface area contributed by atoms with Gasteiger partial charge in [-0.05, 0) is 37.4 Å². The largest absolute Gasteiger partial charge is 0.477 e. The van der Waals surface area contributed by atoms with Crippen molar-refractivity contribution in [3.05, 3.63) is 21.9 Å². The van der Waals surface area contributed by atoms with Crippen LogP contribution in [0.2, 0.25) is 0 Å². The topological polar surface area (TPSA) is 49.3 Å². The van der Waals surface area contributed by atoms with E-state index in [9.17, 15) is 4.79 Å². The first kappa shape index (κ1) is 9.68. The first-order valence-corrected chi connectivity index (χ1v) is 5.60. The minimum absolute atomic E-state index is 0.424. The van der Waals surface area contributed by atoms with E-state index in [2.05, 4.69) is 5.32 Å². The molecule has 0 spiro atoms. The lowest BCUT2D eigenvalue weighted by molar-refractivity contribution is 0.0702. The van der Waals surface area contributed by atoms with Crippen molar-refractivity contribution in [1.82, 2.24) is 5.32 Å². The lowest BCUT2D eigenvalue weighted by Crippen LogP contribution is -2.15. The van der Waals surface area contributed by atoms with Crippen LogP contribution in [0, 0.1) is 5.92 Å². The van der Waals surface area contributed by atoms with Crippen molar-refractivity contribution < 1.29 is 9.90 Å². The molecule has 0 amide bonds. The van der Waals surface area contributed by atoms with Crippen LogP contribution in [-0.2, 0) is 6.54 Å². The number of hydrogen-bond donors (Lipinski definition) is 2. The lowest BCUT2D eigenvalue weighted by atomic mass is 10.4. The molecule has 1 aliphatic rings. The van der Waals surface area contributed by atoms with Gasteiger partial charge in [0.15, 0.2) is 0 Å². The van der Waals surface area contributed by atoms with E-state index in [1.807, 2.05) is 6.07 Å². The second-order valence-corrected chi connectivity index (χ2v) is 4.81. The molecule has 0 aliphatic heterocycles. The van der Waals surface area contributed by atoms with Gasteiger partial charge in [0, 0.05) is 11.4 Å². The Hall–Kier alpha value is -0.870. The Morgan fingerprint density at radius 3 is 2.93 bits per heavy atom. The van der Waals surface area contributed by atoms with E-state index in [4.69, 9.17) is 5.11 Å². The summed E-state index contributed by atoms with van der Waals surface area (Å²) in [4.78, 5) is 12.1. The molecule has 2 N–H and O–H groups in total. The molecule has 0 atom stereocenters. The van der Waals surface area contributed by atoms with Crippen LogP contribution in [0.1, 0.15) is 27.4 Å². The molecule has 1 fully saturated rings. The molecule has 1 aromatic heterocycles. The van der Waals surface area contributed by atoms with Crippen molar-refractivity contribution in [3.8, 4) is 0 Å². The Morgan fingerprint density at radius 1 is 1.57 bits per heavy atom. The Balaban J connectivity index is 1.79. The van der Waals surface area contributed by atoms with Gasteiger partial charge in [-0.25, -0.2) is 4.79 Å². The van der Waals surface area contributed by atoms with E-state index in [1.54, 1.807) is 6.07 Å². The molecular formula is C10H13NO2S. The maximum atomic E-state index is 10.6. The van der Waals surface area contributed by atoms with Crippen LogP contribution in [0.3, 0.4) is 0 Å². The molecule has 0 saturated heterocycles. The summed E-state index contributed by atoms with van der Waals surface area (Å²) in [7, 11) is 0. The average molecular weight is 211 g/mol. The van der Waals surface area contributed by atoms with E-state index in [-0.39, 0.29) is 0 Å². The highest BCUT2D eigenvalue weighted by Gasteiger charge is 2.20. The molecule has 14 heavy (non-hydrogen) atoms. The van der Waals surface area contributed by atoms with Crippen molar-refractivity contribution in [2.45, 2.75) is 19.4 Å². The number of rotatable bonds is 5. The molecule has 76 valence electrons. The number of carboxylic acid groups (broad SMARTS) is 1. The molecule has 4 heteroatoms. The molecule has 0 radical (unpaired) electrons. The van der Waals surface area contributed by atoms with Crippen molar-refractivity contribution in [2.24, 2.45) is 5.92 Å². The van der Waals surface area contributed by atoms with Gasteiger partial charge >= 0.3 is 5.97 Å². The number of thiophene rings is 1. The fourth-order valence-corrected chi connectivity index (χ4v) is 2.13. The zero-order chi connectivity index (χ0) is 9.97. The number of carboxylic acids is 1. The van der Waals surface area contributed by atoms with Crippen LogP contribution < -0.4 is 5.32 Å². The Labute approximate surface area is 86.8 Å². The third-order valence-electron chi connectivity index (χ3n) is 2.30. The SMILES string of the molecule is O=C(O)c1ccc(CNCC2CC2)s1. The molecule has 1 heterocycles. The van der Waals surface area contributed by atoms with Crippen LogP contribution in [0.25, 0.3) is 0 Å². The Morgan fingerprint density at radius 2 is 2.36 bits per heavy atom. The van der Waals surface area contributed by atoms with Crippen molar-refractivity contribution >= 4 is 17.3 Å². The van der Waals surface area contributed by atoms with Gasteiger partial charge in [-0.3, -0.25) is 0 Å². The quantitative estimate of drug-likeness (QED) is 0.782. The lowest BCUT2D eigenvalue weighted by Gasteiger charge is -1.99. The van der Waals surface area contributed by atoms with Gasteiger partial charge in [-0.15, -0.1) is 11.3 Å². The molecule has 0 bridgehead atoms. The standard InChI is InChI=1S/C10H13NO2S/c12-10(13)9-4-3-8(14-9)6-11-5-7-1-2-7/h3-4,7,11H,1-2,5-6H2,(H,12,13). The summed E-state index contributed by atoms with van der Waals surface area (Å²) in [6.45, 7) is 1.87.